The first-order valence-corrected chi connectivity index (χ1v) is 11.6. The summed E-state index contributed by atoms with van der Waals surface area (Å²) in [5.74, 6) is 0.479. The summed E-state index contributed by atoms with van der Waals surface area (Å²) in [6, 6.07) is 5.48. The number of benzene rings is 1. The summed E-state index contributed by atoms with van der Waals surface area (Å²) >= 11 is 0. The van der Waals surface area contributed by atoms with E-state index >= 15 is 0 Å². The Morgan fingerprint density at radius 2 is 2.03 bits per heavy atom. The lowest BCUT2D eigenvalue weighted by Gasteiger charge is -2.35. The predicted octanol–water partition coefficient (Wildman–Crippen LogP) is 3.17. The molecule has 0 saturated heterocycles. The van der Waals surface area contributed by atoms with E-state index in [1.165, 1.54) is 7.11 Å². The molecule has 1 saturated carbocycles. The van der Waals surface area contributed by atoms with Crippen LogP contribution >= 0.6 is 0 Å². The van der Waals surface area contributed by atoms with Crippen molar-refractivity contribution in [3.63, 3.8) is 0 Å². The molecule has 10 heteroatoms. The molecule has 0 amide bonds. The Kier molecular flexibility index (Phi) is 5.70. The monoisotopic (exact) mass is 434 g/mol. The number of nitrogens with one attached hydrogen (secondary N) is 1. The van der Waals surface area contributed by atoms with Crippen molar-refractivity contribution in [3.05, 3.63) is 36.2 Å². The molecule has 1 aliphatic carbocycles. The highest BCUT2D eigenvalue weighted by atomic mass is 32.2. The van der Waals surface area contributed by atoms with Crippen molar-refractivity contribution in [1.29, 1.82) is 0 Å². The van der Waals surface area contributed by atoms with Crippen LogP contribution in [0.25, 0.3) is 11.0 Å². The third-order valence-electron chi connectivity index (χ3n) is 5.62. The van der Waals surface area contributed by atoms with E-state index in [1.54, 1.807) is 18.0 Å². The lowest BCUT2D eigenvalue weighted by molar-refractivity contribution is -0.0201. The van der Waals surface area contributed by atoms with Gasteiger partial charge < -0.3 is 14.0 Å². The quantitative estimate of drug-likeness (QED) is 0.580. The summed E-state index contributed by atoms with van der Waals surface area (Å²) in [5.41, 5.74) is 0.674. The van der Waals surface area contributed by atoms with Crippen LogP contribution in [0.5, 0.6) is 5.75 Å². The minimum atomic E-state index is -3.71. The second-order valence-electron chi connectivity index (χ2n) is 7.71. The highest BCUT2D eigenvalue weighted by Gasteiger charge is 2.37. The van der Waals surface area contributed by atoms with Gasteiger partial charge in [-0.15, -0.1) is 0 Å². The standard InChI is InChI=1S/C20H26N4O5S/c1-27-16-11-15(13-24-10-6-9-21-24)12-17-18(16)19(22-29-17)23-30(25,26)14-20(28-2)7-4-3-5-8-20/h6,9-12H,3-5,7-8,13-14H2,1-2H3,(H,22,23). The van der Waals surface area contributed by atoms with Crippen LogP contribution in [-0.4, -0.2) is 48.9 Å². The minimum absolute atomic E-state index is 0.120. The van der Waals surface area contributed by atoms with Gasteiger partial charge in [0.15, 0.2) is 11.4 Å². The molecule has 2 aromatic heterocycles. The summed E-state index contributed by atoms with van der Waals surface area (Å²) in [4.78, 5) is 0. The molecule has 0 spiro atoms. The maximum absolute atomic E-state index is 12.9. The fraction of sp³-hybridized carbons (Fsp3) is 0.500. The molecule has 0 aliphatic heterocycles. The van der Waals surface area contributed by atoms with Crippen molar-refractivity contribution in [2.45, 2.75) is 44.2 Å². The third-order valence-corrected chi connectivity index (χ3v) is 7.04. The van der Waals surface area contributed by atoms with E-state index in [0.717, 1.165) is 37.7 Å². The first-order chi connectivity index (χ1) is 14.4. The number of hydrogen-bond donors (Lipinski definition) is 1. The molecular weight excluding hydrogens is 408 g/mol. The highest BCUT2D eigenvalue weighted by Crippen LogP contribution is 2.36. The van der Waals surface area contributed by atoms with Gasteiger partial charge in [0, 0.05) is 19.5 Å². The zero-order valence-corrected chi connectivity index (χ0v) is 17.9. The van der Waals surface area contributed by atoms with Gasteiger partial charge in [-0.3, -0.25) is 9.40 Å². The van der Waals surface area contributed by atoms with Crippen molar-refractivity contribution in [1.82, 2.24) is 14.9 Å². The molecule has 1 aromatic carbocycles. The van der Waals surface area contributed by atoms with E-state index in [-0.39, 0.29) is 11.6 Å². The van der Waals surface area contributed by atoms with Crippen LogP contribution in [0.1, 0.15) is 37.7 Å². The third kappa shape index (κ3) is 4.29. The molecule has 1 fully saturated rings. The van der Waals surface area contributed by atoms with Crippen LogP contribution in [0.4, 0.5) is 5.82 Å². The van der Waals surface area contributed by atoms with Crippen LogP contribution < -0.4 is 9.46 Å². The fourth-order valence-electron chi connectivity index (χ4n) is 4.13. The molecule has 162 valence electrons. The number of hydrogen-bond acceptors (Lipinski definition) is 7. The fourth-order valence-corrected chi connectivity index (χ4v) is 5.73. The largest absolute Gasteiger partial charge is 0.496 e. The van der Waals surface area contributed by atoms with E-state index in [9.17, 15) is 8.42 Å². The Balaban J connectivity index is 1.61. The molecule has 30 heavy (non-hydrogen) atoms. The van der Waals surface area contributed by atoms with Crippen molar-refractivity contribution >= 4 is 26.8 Å². The highest BCUT2D eigenvalue weighted by molar-refractivity contribution is 7.92. The second kappa shape index (κ2) is 8.27. The number of sulfonamides is 1. The van der Waals surface area contributed by atoms with E-state index in [1.807, 2.05) is 24.4 Å². The number of ether oxygens (including phenoxy) is 2. The van der Waals surface area contributed by atoms with Crippen molar-refractivity contribution < 1.29 is 22.4 Å². The molecule has 0 radical (unpaired) electrons. The molecule has 1 aliphatic rings. The lowest BCUT2D eigenvalue weighted by Crippen LogP contribution is -2.42. The normalized spacial score (nSPS) is 16.6. The first-order valence-electron chi connectivity index (χ1n) is 9.93. The molecule has 3 aromatic rings. The van der Waals surface area contributed by atoms with Gasteiger partial charge in [-0.05, 0) is 36.6 Å². The average Bonchev–Trinajstić information content (AvgIpc) is 3.37. The number of rotatable bonds is 8. The van der Waals surface area contributed by atoms with Gasteiger partial charge in [0.25, 0.3) is 0 Å². The van der Waals surface area contributed by atoms with Crippen LogP contribution in [0.15, 0.2) is 35.1 Å². The Hall–Kier alpha value is -2.59. The molecule has 0 bridgehead atoms. The summed E-state index contributed by atoms with van der Waals surface area (Å²) in [5, 5.41) is 8.64. The van der Waals surface area contributed by atoms with Gasteiger partial charge in [-0.25, -0.2) is 8.42 Å². The lowest BCUT2D eigenvalue weighted by atomic mass is 9.86. The first kappa shape index (κ1) is 20.7. The topological polar surface area (TPSA) is 108 Å². The van der Waals surface area contributed by atoms with Crippen molar-refractivity contribution in [2.75, 3.05) is 24.7 Å². The maximum atomic E-state index is 12.9. The minimum Gasteiger partial charge on any atom is -0.496 e. The van der Waals surface area contributed by atoms with Crippen molar-refractivity contribution in [2.24, 2.45) is 0 Å². The van der Waals surface area contributed by atoms with E-state index in [0.29, 0.717) is 23.3 Å². The predicted molar refractivity (Wildman–Crippen MR) is 112 cm³/mol. The summed E-state index contributed by atoms with van der Waals surface area (Å²) in [6.45, 7) is 0.525. The summed E-state index contributed by atoms with van der Waals surface area (Å²) < 4.78 is 46.8. The number of nitrogens with zero attached hydrogens (tertiary/aromatic N) is 3. The van der Waals surface area contributed by atoms with Crippen LogP contribution in [0, 0.1) is 0 Å². The average molecular weight is 435 g/mol. The number of anilines is 1. The van der Waals surface area contributed by atoms with Gasteiger partial charge in [0.1, 0.15) is 11.1 Å². The summed E-state index contributed by atoms with van der Waals surface area (Å²) in [7, 11) is -0.602. The molecular formula is C20H26N4O5S. The van der Waals surface area contributed by atoms with Gasteiger partial charge in [0.2, 0.25) is 10.0 Å². The molecule has 2 heterocycles. The maximum Gasteiger partial charge on any atom is 0.236 e. The SMILES string of the molecule is COc1cc(Cn2cccn2)cc2onc(NS(=O)(=O)CC3(OC)CCCCC3)c12. The molecule has 1 N–H and O–H groups in total. The molecule has 9 nitrogen and oxygen atoms in total. The Morgan fingerprint density at radius 1 is 1.23 bits per heavy atom. The second-order valence-corrected chi connectivity index (χ2v) is 9.44. The Bertz CT molecular complexity index is 1100. The van der Waals surface area contributed by atoms with Crippen LogP contribution in [0.3, 0.4) is 0 Å². The number of fused-ring (bicyclic) bond motifs is 1. The smallest absolute Gasteiger partial charge is 0.236 e. The van der Waals surface area contributed by atoms with E-state index in [2.05, 4.69) is 15.0 Å². The molecule has 0 unspecified atom stereocenters. The Labute approximate surface area is 175 Å². The molecule has 4 rings (SSSR count). The van der Waals surface area contributed by atoms with Gasteiger partial charge in [0.05, 0.1) is 25.0 Å². The van der Waals surface area contributed by atoms with E-state index in [4.69, 9.17) is 14.0 Å². The van der Waals surface area contributed by atoms with Crippen LogP contribution in [0.2, 0.25) is 0 Å². The van der Waals surface area contributed by atoms with Crippen LogP contribution in [-0.2, 0) is 21.3 Å². The zero-order valence-electron chi connectivity index (χ0n) is 17.1. The summed E-state index contributed by atoms with van der Waals surface area (Å²) in [6.07, 6.45) is 8.04. The Morgan fingerprint density at radius 3 is 2.70 bits per heavy atom. The van der Waals surface area contributed by atoms with Gasteiger partial charge >= 0.3 is 0 Å². The number of methoxy groups -OCH3 is 2. The zero-order chi connectivity index (χ0) is 21.2. The van der Waals surface area contributed by atoms with E-state index < -0.39 is 15.6 Å². The van der Waals surface area contributed by atoms with Crippen molar-refractivity contribution in [3.8, 4) is 5.75 Å². The molecule has 0 atom stereocenters. The number of aromatic nitrogens is 3. The van der Waals surface area contributed by atoms with Gasteiger partial charge in [-0.1, -0.05) is 24.4 Å². The van der Waals surface area contributed by atoms with Gasteiger partial charge in [-0.2, -0.15) is 5.10 Å².